The van der Waals surface area contributed by atoms with Crippen molar-refractivity contribution in [1.29, 1.82) is 0 Å². The average molecular weight is 398 g/mol. The Kier molecular flexibility index (Phi) is 6.67. The molecule has 4 rings (SSSR count). The fourth-order valence-corrected chi connectivity index (χ4v) is 5.46. The van der Waals surface area contributed by atoms with E-state index in [1.165, 1.54) is 0 Å². The second kappa shape index (κ2) is 9.04. The summed E-state index contributed by atoms with van der Waals surface area (Å²) in [4.78, 5) is 0. The summed E-state index contributed by atoms with van der Waals surface area (Å²) in [6, 6.07) is 0.108. The number of hydrogen-bond donors (Lipinski definition) is 6. The molecule has 0 aromatic rings. The van der Waals surface area contributed by atoms with Crippen LogP contribution in [0, 0.1) is 11.8 Å². The van der Waals surface area contributed by atoms with Crippen molar-refractivity contribution >= 4 is 0 Å². The molecule has 7 nitrogen and oxygen atoms in total. The van der Waals surface area contributed by atoms with E-state index in [4.69, 9.17) is 4.74 Å². The van der Waals surface area contributed by atoms with Gasteiger partial charge in [-0.1, -0.05) is 11.6 Å². The summed E-state index contributed by atoms with van der Waals surface area (Å²) >= 11 is 0. The number of hydrogen-bond acceptors (Lipinski definition) is 7. The van der Waals surface area contributed by atoms with Crippen molar-refractivity contribution in [2.75, 3.05) is 26.7 Å². The van der Waals surface area contributed by atoms with E-state index < -0.39 is 12.3 Å². The first-order valence-corrected chi connectivity index (χ1v) is 10.8. The van der Waals surface area contributed by atoms with Gasteiger partial charge in [-0.15, -0.1) is 0 Å². The number of fused-ring (bicyclic) bond motifs is 1. The molecule has 0 bridgehead atoms. The highest BCUT2D eigenvalue weighted by Crippen LogP contribution is 2.44. The molecule has 0 aromatic heterocycles. The van der Waals surface area contributed by atoms with Gasteiger partial charge in [-0.05, 0) is 45.6 Å². The number of aliphatic hydroxyl groups is 1. The van der Waals surface area contributed by atoms with Crippen molar-refractivity contribution in [2.45, 2.75) is 75.5 Å². The van der Waals surface area contributed by atoms with Gasteiger partial charge in [0.05, 0.1) is 18.4 Å². The van der Waals surface area contributed by atoms with E-state index in [2.05, 4.69) is 39.6 Å². The smallest absolute Gasteiger partial charge is 0.124 e. The Morgan fingerprint density at radius 3 is 2.96 bits per heavy atom. The van der Waals surface area contributed by atoms with Crippen molar-refractivity contribution in [3.8, 4) is 0 Å². The number of β-amino-alcohol motifs (C(OH)–C–C–N with tert-alkyl or cyclic N) is 1. The number of nitrogens with one attached hydrogen (secondary N) is 5. The van der Waals surface area contributed by atoms with E-state index in [1.807, 2.05) is 7.05 Å². The van der Waals surface area contributed by atoms with E-state index in [0.717, 1.165) is 24.8 Å². The van der Waals surface area contributed by atoms with Gasteiger partial charge in [0, 0.05) is 37.7 Å². The van der Waals surface area contributed by atoms with Gasteiger partial charge in [-0.3, -0.25) is 16.0 Å². The molecule has 6 N–H and O–H groups in total. The molecule has 28 heavy (non-hydrogen) atoms. The second-order valence-corrected chi connectivity index (χ2v) is 8.90. The van der Waals surface area contributed by atoms with Crippen molar-refractivity contribution < 1.29 is 14.2 Å². The lowest BCUT2D eigenvalue weighted by atomic mass is 9.70. The van der Waals surface area contributed by atoms with Gasteiger partial charge in [-0.25, -0.2) is 4.39 Å². The number of halogens is 1. The maximum Gasteiger partial charge on any atom is 0.124 e. The normalized spacial score (nSPS) is 47.3. The van der Waals surface area contributed by atoms with Crippen LogP contribution >= 0.6 is 0 Å². The third-order valence-electron chi connectivity index (χ3n) is 6.83. The number of alkyl halides is 1. The van der Waals surface area contributed by atoms with Gasteiger partial charge in [-0.2, -0.15) is 0 Å². The Balaban J connectivity index is 1.50. The van der Waals surface area contributed by atoms with Gasteiger partial charge in [0.2, 0.25) is 0 Å². The molecule has 0 spiro atoms. The molecule has 2 saturated heterocycles. The standard InChI is InChI=1S/C20H36FN5O2/c1-11-7-16(22-2)26-20(24-11)25-15-9-13-4-6-28-19(13)17(18(15)21)12-3-5-23-10-14(27)8-12/h3,11,13-20,22-27H,4-10H2,1-2H3/t11?,13?,14-,15?,16?,17?,18?,19?,20?/m0/s1. The van der Waals surface area contributed by atoms with Crippen LogP contribution < -0.4 is 26.6 Å². The summed E-state index contributed by atoms with van der Waals surface area (Å²) in [6.07, 6.45) is 3.87. The molecule has 0 amide bonds. The summed E-state index contributed by atoms with van der Waals surface area (Å²) in [5.74, 6) is 0.0827. The molecule has 8 heteroatoms. The molecule has 3 fully saturated rings. The van der Waals surface area contributed by atoms with Crippen molar-refractivity contribution in [3.63, 3.8) is 0 Å². The van der Waals surface area contributed by atoms with Gasteiger partial charge < -0.3 is 20.5 Å². The van der Waals surface area contributed by atoms with Gasteiger partial charge in [0.1, 0.15) is 12.5 Å². The first kappa shape index (κ1) is 20.7. The SMILES string of the molecule is CNC1CC(C)NC(NC2CC3CCOC3C(C3=CCNC[C@@H](O)C3)C2F)N1. The minimum absolute atomic E-state index is 0.0687. The summed E-state index contributed by atoms with van der Waals surface area (Å²) < 4.78 is 21.9. The van der Waals surface area contributed by atoms with Gasteiger partial charge in [0.25, 0.3) is 0 Å². The molecule has 0 aromatic carbocycles. The lowest BCUT2D eigenvalue weighted by Crippen LogP contribution is -2.69. The topological polar surface area (TPSA) is 89.6 Å². The fraction of sp³-hybridized carbons (Fsp3) is 0.900. The third kappa shape index (κ3) is 4.43. The molecule has 1 aliphatic carbocycles. The van der Waals surface area contributed by atoms with Crippen molar-refractivity contribution in [3.05, 3.63) is 11.6 Å². The van der Waals surface area contributed by atoms with Crippen molar-refractivity contribution in [1.82, 2.24) is 26.6 Å². The number of rotatable bonds is 4. The summed E-state index contributed by atoms with van der Waals surface area (Å²) in [5, 5.41) is 27.2. The highest BCUT2D eigenvalue weighted by molar-refractivity contribution is 5.19. The van der Waals surface area contributed by atoms with Gasteiger partial charge in [0.15, 0.2) is 0 Å². The van der Waals surface area contributed by atoms with Gasteiger partial charge >= 0.3 is 0 Å². The number of ether oxygens (including phenoxy) is 1. The maximum absolute atomic E-state index is 15.9. The van der Waals surface area contributed by atoms with E-state index in [1.54, 1.807) is 0 Å². The average Bonchev–Trinajstić information content (AvgIpc) is 3.01. The van der Waals surface area contributed by atoms with Crippen LogP contribution in [0.1, 0.15) is 32.6 Å². The lowest BCUT2D eigenvalue weighted by molar-refractivity contribution is -0.0277. The number of aliphatic hydroxyl groups excluding tert-OH is 1. The zero-order valence-corrected chi connectivity index (χ0v) is 17.0. The van der Waals surface area contributed by atoms with Crippen LogP contribution in [0.2, 0.25) is 0 Å². The lowest BCUT2D eigenvalue weighted by Gasteiger charge is -2.45. The Bertz CT molecular complexity index is 565. The Labute approximate surface area is 167 Å². The fourth-order valence-electron chi connectivity index (χ4n) is 5.46. The summed E-state index contributed by atoms with van der Waals surface area (Å²) in [6.45, 7) is 4.10. The van der Waals surface area contributed by atoms with Crippen LogP contribution in [0.5, 0.6) is 0 Å². The Hall–Kier alpha value is -0.610. The molecule has 3 aliphatic heterocycles. The van der Waals surface area contributed by atoms with E-state index in [-0.39, 0.29) is 30.5 Å². The first-order valence-electron chi connectivity index (χ1n) is 10.8. The third-order valence-corrected chi connectivity index (χ3v) is 6.83. The van der Waals surface area contributed by atoms with E-state index in [0.29, 0.717) is 38.1 Å². The molecule has 0 radical (unpaired) electrons. The van der Waals surface area contributed by atoms with Crippen molar-refractivity contribution in [2.24, 2.45) is 11.8 Å². The Morgan fingerprint density at radius 1 is 1.29 bits per heavy atom. The van der Waals surface area contributed by atoms with Crippen LogP contribution in [-0.4, -0.2) is 74.8 Å². The molecular weight excluding hydrogens is 361 g/mol. The predicted molar refractivity (Wildman–Crippen MR) is 106 cm³/mol. The molecule has 3 heterocycles. The second-order valence-electron chi connectivity index (χ2n) is 8.90. The molecule has 9 atom stereocenters. The van der Waals surface area contributed by atoms with Crippen LogP contribution in [0.25, 0.3) is 0 Å². The zero-order chi connectivity index (χ0) is 19.7. The van der Waals surface area contributed by atoms with Crippen LogP contribution in [0.4, 0.5) is 4.39 Å². The highest BCUT2D eigenvalue weighted by atomic mass is 19.1. The highest BCUT2D eigenvalue weighted by Gasteiger charge is 2.50. The van der Waals surface area contributed by atoms with E-state index >= 15 is 4.39 Å². The van der Waals surface area contributed by atoms with Crippen LogP contribution in [-0.2, 0) is 4.74 Å². The molecule has 160 valence electrons. The molecule has 1 saturated carbocycles. The minimum atomic E-state index is -1.04. The monoisotopic (exact) mass is 397 g/mol. The summed E-state index contributed by atoms with van der Waals surface area (Å²) in [7, 11) is 1.94. The summed E-state index contributed by atoms with van der Waals surface area (Å²) in [5.41, 5.74) is 1.01. The minimum Gasteiger partial charge on any atom is -0.391 e. The molecule has 4 aliphatic rings. The van der Waals surface area contributed by atoms with Crippen LogP contribution in [0.15, 0.2) is 11.6 Å². The largest absolute Gasteiger partial charge is 0.391 e. The van der Waals surface area contributed by atoms with Crippen LogP contribution in [0.3, 0.4) is 0 Å². The first-order chi connectivity index (χ1) is 13.5. The zero-order valence-electron chi connectivity index (χ0n) is 17.0. The quantitative estimate of drug-likeness (QED) is 0.366. The Morgan fingerprint density at radius 2 is 2.14 bits per heavy atom. The molecular formula is C20H36FN5O2. The van der Waals surface area contributed by atoms with E-state index in [9.17, 15) is 5.11 Å². The maximum atomic E-state index is 15.9. The molecule has 8 unspecified atom stereocenters. The predicted octanol–water partition coefficient (Wildman–Crippen LogP) is -0.211.